The van der Waals surface area contributed by atoms with Gasteiger partial charge in [0.1, 0.15) is 0 Å². The molecular weight excluding hydrogens is 144 g/mol. The number of aliphatic hydroxyl groups is 1. The van der Waals surface area contributed by atoms with Gasteiger partial charge in [-0.15, -0.1) is 0 Å². The molecule has 3 nitrogen and oxygen atoms in total. The lowest BCUT2D eigenvalue weighted by Crippen LogP contribution is -2.23. The minimum Gasteiger partial charge on any atom is -0.391 e. The molecule has 0 saturated heterocycles. The Hall–Kier alpha value is -0.120. The van der Waals surface area contributed by atoms with Crippen LogP contribution in [0.15, 0.2) is 0 Å². The smallest absolute Gasteiger partial charge is 0.0803 e. The Morgan fingerprint density at radius 1 is 1.27 bits per heavy atom. The maximum absolute atomic E-state index is 9.02. The lowest BCUT2D eigenvalue weighted by Gasteiger charge is -2.15. The van der Waals surface area contributed by atoms with E-state index in [-0.39, 0.29) is 6.10 Å². The van der Waals surface area contributed by atoms with Crippen LogP contribution in [0, 0.1) is 0 Å². The van der Waals surface area contributed by atoms with Crippen molar-refractivity contribution in [1.82, 2.24) is 0 Å². The summed E-state index contributed by atoms with van der Waals surface area (Å²) >= 11 is 0. The van der Waals surface area contributed by atoms with E-state index in [1.54, 1.807) is 14.0 Å². The summed E-state index contributed by atoms with van der Waals surface area (Å²) in [4.78, 5) is 0. The van der Waals surface area contributed by atoms with Crippen LogP contribution < -0.4 is 0 Å². The van der Waals surface area contributed by atoms with E-state index in [0.29, 0.717) is 13.2 Å². The Labute approximate surface area is 68.3 Å². The van der Waals surface area contributed by atoms with Gasteiger partial charge >= 0.3 is 0 Å². The van der Waals surface area contributed by atoms with Crippen molar-refractivity contribution >= 4 is 0 Å². The molecule has 0 aromatic carbocycles. The molecule has 0 aliphatic rings. The van der Waals surface area contributed by atoms with E-state index in [1.165, 1.54) is 0 Å². The fraction of sp³-hybridized carbons (Fsp3) is 1.00. The van der Waals surface area contributed by atoms with Crippen molar-refractivity contribution in [2.45, 2.75) is 32.5 Å². The van der Waals surface area contributed by atoms with E-state index in [2.05, 4.69) is 0 Å². The van der Waals surface area contributed by atoms with E-state index >= 15 is 0 Å². The predicted octanol–water partition coefficient (Wildman–Crippen LogP) is 0.809. The van der Waals surface area contributed by atoms with Gasteiger partial charge in [-0.3, -0.25) is 0 Å². The minimum absolute atomic E-state index is 0.0770. The molecule has 0 rings (SSSR count). The summed E-state index contributed by atoms with van der Waals surface area (Å²) in [5.74, 6) is 0. The first-order chi connectivity index (χ1) is 5.18. The van der Waals surface area contributed by atoms with Gasteiger partial charge in [-0.05, 0) is 20.3 Å². The third-order valence-corrected chi connectivity index (χ3v) is 1.55. The maximum Gasteiger partial charge on any atom is 0.0803 e. The standard InChI is InChI=1S/C8H18O3/c1-7(9)8(2)11-6-4-5-10-3/h7-9H,4-6H2,1-3H3/t7-,8+/m1/s1. The SMILES string of the molecule is COCCCO[C@@H](C)[C@@H](C)O. The van der Waals surface area contributed by atoms with Gasteiger partial charge in [0.25, 0.3) is 0 Å². The second kappa shape index (κ2) is 6.58. The first-order valence-corrected chi connectivity index (χ1v) is 3.97. The highest BCUT2D eigenvalue weighted by Gasteiger charge is 2.07. The molecule has 0 bridgehead atoms. The second-order valence-corrected chi connectivity index (χ2v) is 2.66. The fourth-order valence-corrected chi connectivity index (χ4v) is 0.612. The molecule has 0 heterocycles. The Bertz CT molecular complexity index is 83.4. The molecule has 11 heavy (non-hydrogen) atoms. The average molecular weight is 162 g/mol. The van der Waals surface area contributed by atoms with Crippen molar-refractivity contribution in [2.75, 3.05) is 20.3 Å². The van der Waals surface area contributed by atoms with Crippen LogP contribution in [0.5, 0.6) is 0 Å². The summed E-state index contributed by atoms with van der Waals surface area (Å²) in [5.41, 5.74) is 0. The number of rotatable bonds is 6. The van der Waals surface area contributed by atoms with E-state index in [9.17, 15) is 0 Å². The highest BCUT2D eigenvalue weighted by Crippen LogP contribution is 1.97. The highest BCUT2D eigenvalue weighted by atomic mass is 16.5. The summed E-state index contributed by atoms with van der Waals surface area (Å²) in [7, 11) is 1.66. The van der Waals surface area contributed by atoms with E-state index < -0.39 is 6.10 Å². The van der Waals surface area contributed by atoms with Crippen molar-refractivity contribution in [3.8, 4) is 0 Å². The lowest BCUT2D eigenvalue weighted by atomic mass is 10.2. The highest BCUT2D eigenvalue weighted by molar-refractivity contribution is 4.56. The van der Waals surface area contributed by atoms with Gasteiger partial charge in [-0.25, -0.2) is 0 Å². The Balaban J connectivity index is 3.10. The van der Waals surface area contributed by atoms with Crippen molar-refractivity contribution in [3.05, 3.63) is 0 Å². The quantitative estimate of drug-likeness (QED) is 0.587. The third-order valence-electron chi connectivity index (χ3n) is 1.55. The molecular formula is C8H18O3. The summed E-state index contributed by atoms with van der Waals surface area (Å²) in [6, 6.07) is 0. The Kier molecular flexibility index (Phi) is 6.51. The number of hydrogen-bond donors (Lipinski definition) is 1. The number of ether oxygens (including phenoxy) is 2. The first-order valence-electron chi connectivity index (χ1n) is 3.97. The zero-order chi connectivity index (χ0) is 8.69. The number of hydrogen-bond acceptors (Lipinski definition) is 3. The van der Waals surface area contributed by atoms with Gasteiger partial charge < -0.3 is 14.6 Å². The lowest BCUT2D eigenvalue weighted by molar-refractivity contribution is -0.0235. The van der Waals surface area contributed by atoms with Crippen molar-refractivity contribution in [2.24, 2.45) is 0 Å². The first kappa shape index (κ1) is 10.9. The van der Waals surface area contributed by atoms with Gasteiger partial charge in [-0.1, -0.05) is 0 Å². The Morgan fingerprint density at radius 2 is 1.91 bits per heavy atom. The molecule has 0 fully saturated rings. The zero-order valence-corrected chi connectivity index (χ0v) is 7.54. The van der Waals surface area contributed by atoms with Crippen molar-refractivity contribution in [1.29, 1.82) is 0 Å². The molecule has 0 aliphatic carbocycles. The van der Waals surface area contributed by atoms with Crippen LogP contribution in [0.25, 0.3) is 0 Å². The Morgan fingerprint density at radius 3 is 2.36 bits per heavy atom. The van der Waals surface area contributed by atoms with Gasteiger partial charge in [0.15, 0.2) is 0 Å². The fourth-order valence-electron chi connectivity index (χ4n) is 0.612. The summed E-state index contributed by atoms with van der Waals surface area (Å²) < 4.78 is 10.1. The normalized spacial score (nSPS) is 16.4. The summed E-state index contributed by atoms with van der Waals surface area (Å²) in [6.45, 7) is 4.95. The molecule has 0 aromatic rings. The van der Waals surface area contributed by atoms with Crippen LogP contribution in [-0.4, -0.2) is 37.6 Å². The monoisotopic (exact) mass is 162 g/mol. The summed E-state index contributed by atoms with van der Waals surface area (Å²) in [5, 5.41) is 9.02. The van der Waals surface area contributed by atoms with Gasteiger partial charge in [0.05, 0.1) is 12.2 Å². The molecule has 0 amide bonds. The zero-order valence-electron chi connectivity index (χ0n) is 7.54. The predicted molar refractivity (Wildman–Crippen MR) is 43.6 cm³/mol. The maximum atomic E-state index is 9.02. The molecule has 3 heteroatoms. The third kappa shape index (κ3) is 6.28. The minimum atomic E-state index is -0.391. The largest absolute Gasteiger partial charge is 0.391 e. The molecule has 0 aliphatic heterocycles. The van der Waals surface area contributed by atoms with Crippen LogP contribution in [0.3, 0.4) is 0 Å². The number of methoxy groups -OCH3 is 1. The topological polar surface area (TPSA) is 38.7 Å². The van der Waals surface area contributed by atoms with Gasteiger partial charge in [0.2, 0.25) is 0 Å². The van der Waals surface area contributed by atoms with Crippen molar-refractivity contribution in [3.63, 3.8) is 0 Å². The van der Waals surface area contributed by atoms with E-state index in [1.807, 2.05) is 6.92 Å². The van der Waals surface area contributed by atoms with Gasteiger partial charge in [0, 0.05) is 20.3 Å². The molecule has 68 valence electrons. The van der Waals surface area contributed by atoms with Crippen LogP contribution >= 0.6 is 0 Å². The molecule has 0 spiro atoms. The molecule has 0 radical (unpaired) electrons. The average Bonchev–Trinajstić information content (AvgIpc) is 1.97. The van der Waals surface area contributed by atoms with Crippen molar-refractivity contribution < 1.29 is 14.6 Å². The molecule has 0 aromatic heterocycles. The molecule has 0 unspecified atom stereocenters. The molecule has 1 N–H and O–H groups in total. The van der Waals surface area contributed by atoms with Crippen LogP contribution in [0.1, 0.15) is 20.3 Å². The molecule has 2 atom stereocenters. The van der Waals surface area contributed by atoms with Gasteiger partial charge in [-0.2, -0.15) is 0 Å². The molecule has 0 saturated carbocycles. The van der Waals surface area contributed by atoms with Crippen LogP contribution in [0.4, 0.5) is 0 Å². The van der Waals surface area contributed by atoms with E-state index in [4.69, 9.17) is 14.6 Å². The summed E-state index contributed by atoms with van der Waals surface area (Å²) in [6.07, 6.45) is 0.414. The van der Waals surface area contributed by atoms with Crippen LogP contribution in [0.2, 0.25) is 0 Å². The second-order valence-electron chi connectivity index (χ2n) is 2.66. The number of aliphatic hydroxyl groups excluding tert-OH is 1. The van der Waals surface area contributed by atoms with Crippen LogP contribution in [-0.2, 0) is 9.47 Å². The van der Waals surface area contributed by atoms with E-state index in [0.717, 1.165) is 6.42 Å².